The molecule has 5 heteroatoms. The number of ketones is 1. The molecule has 1 aliphatic heterocycles. The van der Waals surface area contributed by atoms with Crippen molar-refractivity contribution in [3.05, 3.63) is 57.3 Å². The summed E-state index contributed by atoms with van der Waals surface area (Å²) < 4.78 is 25.4. The standard InChI is InChI=1S/C16H12BrFO3/c1-9-2-3-10(13(18)6-9)16(19)11-7-14-15(8-12(11)17)21-5-4-20-14/h2-3,6-8H,4-5H2,1H3. The van der Waals surface area contributed by atoms with E-state index in [-0.39, 0.29) is 5.56 Å². The summed E-state index contributed by atoms with van der Waals surface area (Å²) in [5.41, 5.74) is 1.16. The smallest absolute Gasteiger partial charge is 0.197 e. The Hall–Kier alpha value is -1.88. The Balaban J connectivity index is 2.05. The first-order chi connectivity index (χ1) is 10.1. The van der Waals surface area contributed by atoms with Crippen molar-refractivity contribution in [3.63, 3.8) is 0 Å². The Labute approximate surface area is 129 Å². The van der Waals surface area contributed by atoms with E-state index < -0.39 is 11.6 Å². The minimum atomic E-state index is -0.526. The number of rotatable bonds is 2. The summed E-state index contributed by atoms with van der Waals surface area (Å²) in [6, 6.07) is 7.81. The molecule has 0 aliphatic carbocycles. The quantitative estimate of drug-likeness (QED) is 0.770. The van der Waals surface area contributed by atoms with Gasteiger partial charge in [0.2, 0.25) is 0 Å². The van der Waals surface area contributed by atoms with Crippen molar-refractivity contribution in [1.29, 1.82) is 0 Å². The highest BCUT2D eigenvalue weighted by atomic mass is 79.9. The molecule has 21 heavy (non-hydrogen) atoms. The molecule has 0 radical (unpaired) electrons. The van der Waals surface area contributed by atoms with Gasteiger partial charge >= 0.3 is 0 Å². The summed E-state index contributed by atoms with van der Waals surface area (Å²) in [7, 11) is 0. The molecule has 1 heterocycles. The Bertz CT molecular complexity index is 728. The lowest BCUT2D eigenvalue weighted by Crippen LogP contribution is -2.16. The van der Waals surface area contributed by atoms with Crippen LogP contribution in [-0.4, -0.2) is 19.0 Å². The van der Waals surface area contributed by atoms with E-state index in [9.17, 15) is 9.18 Å². The molecule has 2 aromatic rings. The van der Waals surface area contributed by atoms with Crippen LogP contribution in [0.3, 0.4) is 0 Å². The molecule has 0 aromatic heterocycles. The maximum absolute atomic E-state index is 14.0. The van der Waals surface area contributed by atoms with Gasteiger partial charge in [-0.15, -0.1) is 0 Å². The Morgan fingerprint density at radius 2 is 1.76 bits per heavy atom. The second-order valence-corrected chi connectivity index (χ2v) is 5.64. The third kappa shape index (κ3) is 2.65. The van der Waals surface area contributed by atoms with Crippen LogP contribution in [0.25, 0.3) is 0 Å². The average molecular weight is 351 g/mol. The third-order valence-corrected chi connectivity index (χ3v) is 3.90. The van der Waals surface area contributed by atoms with Crippen LogP contribution in [0.1, 0.15) is 21.5 Å². The van der Waals surface area contributed by atoms with Gasteiger partial charge in [0.1, 0.15) is 19.0 Å². The fourth-order valence-corrected chi connectivity index (χ4v) is 2.69. The molecule has 2 aromatic carbocycles. The maximum atomic E-state index is 14.0. The predicted molar refractivity (Wildman–Crippen MR) is 79.7 cm³/mol. The number of carbonyl (C=O) groups excluding carboxylic acids is 1. The van der Waals surface area contributed by atoms with Crippen LogP contribution < -0.4 is 9.47 Å². The lowest BCUT2D eigenvalue weighted by Gasteiger charge is -2.19. The molecule has 0 atom stereocenters. The first-order valence-electron chi connectivity index (χ1n) is 6.46. The van der Waals surface area contributed by atoms with Crippen molar-refractivity contribution in [1.82, 2.24) is 0 Å². The van der Waals surface area contributed by atoms with E-state index in [1.165, 1.54) is 12.1 Å². The van der Waals surface area contributed by atoms with Gasteiger partial charge in [-0.2, -0.15) is 0 Å². The van der Waals surface area contributed by atoms with Crippen LogP contribution in [0, 0.1) is 12.7 Å². The van der Waals surface area contributed by atoms with Crippen molar-refractivity contribution in [2.24, 2.45) is 0 Å². The minimum absolute atomic E-state index is 0.0398. The molecular weight excluding hydrogens is 339 g/mol. The molecule has 0 fully saturated rings. The van der Waals surface area contributed by atoms with Gasteiger partial charge in [-0.1, -0.05) is 6.07 Å². The summed E-state index contributed by atoms with van der Waals surface area (Å²) in [5.74, 6) is 0.160. The van der Waals surface area contributed by atoms with Crippen molar-refractivity contribution in [2.75, 3.05) is 13.2 Å². The van der Waals surface area contributed by atoms with Crippen LogP contribution in [0.4, 0.5) is 4.39 Å². The monoisotopic (exact) mass is 350 g/mol. The Morgan fingerprint density at radius 1 is 1.10 bits per heavy atom. The van der Waals surface area contributed by atoms with Crippen LogP contribution in [0.15, 0.2) is 34.8 Å². The highest BCUT2D eigenvalue weighted by molar-refractivity contribution is 9.10. The van der Waals surface area contributed by atoms with E-state index in [1.807, 2.05) is 0 Å². The second kappa shape index (κ2) is 5.48. The van der Waals surface area contributed by atoms with Gasteiger partial charge in [-0.05, 0) is 52.7 Å². The predicted octanol–water partition coefficient (Wildman–Crippen LogP) is 3.90. The van der Waals surface area contributed by atoms with E-state index in [0.29, 0.717) is 34.7 Å². The highest BCUT2D eigenvalue weighted by Crippen LogP contribution is 2.36. The Kier molecular flexibility index (Phi) is 3.68. The molecule has 3 nitrogen and oxygen atoms in total. The van der Waals surface area contributed by atoms with Gasteiger partial charge < -0.3 is 9.47 Å². The highest BCUT2D eigenvalue weighted by Gasteiger charge is 2.21. The lowest BCUT2D eigenvalue weighted by atomic mass is 10.0. The van der Waals surface area contributed by atoms with E-state index in [1.54, 1.807) is 25.1 Å². The molecular formula is C16H12BrFO3. The first-order valence-corrected chi connectivity index (χ1v) is 7.25. The van der Waals surface area contributed by atoms with Crippen molar-refractivity contribution in [3.8, 4) is 11.5 Å². The summed E-state index contributed by atoms with van der Waals surface area (Å²) in [5, 5.41) is 0. The first kappa shape index (κ1) is 14.1. The number of halogens is 2. The Morgan fingerprint density at radius 3 is 2.43 bits per heavy atom. The molecule has 0 saturated heterocycles. The topological polar surface area (TPSA) is 35.5 Å². The van der Waals surface area contributed by atoms with Crippen molar-refractivity contribution >= 4 is 21.7 Å². The second-order valence-electron chi connectivity index (χ2n) is 4.79. The number of fused-ring (bicyclic) bond motifs is 1. The van der Waals surface area contributed by atoms with Gasteiger partial charge in [0.05, 0.1) is 5.56 Å². The fraction of sp³-hybridized carbons (Fsp3) is 0.188. The van der Waals surface area contributed by atoms with Crippen LogP contribution in [0.2, 0.25) is 0 Å². The largest absolute Gasteiger partial charge is 0.486 e. The van der Waals surface area contributed by atoms with Gasteiger partial charge in [-0.25, -0.2) is 4.39 Å². The van der Waals surface area contributed by atoms with Gasteiger partial charge in [-0.3, -0.25) is 4.79 Å². The van der Waals surface area contributed by atoms with E-state index in [0.717, 1.165) is 5.56 Å². The van der Waals surface area contributed by atoms with E-state index in [2.05, 4.69) is 15.9 Å². The molecule has 3 rings (SSSR count). The molecule has 0 N–H and O–H groups in total. The normalized spacial score (nSPS) is 13.1. The number of hydrogen-bond donors (Lipinski definition) is 0. The summed E-state index contributed by atoms with van der Waals surface area (Å²) >= 11 is 3.33. The minimum Gasteiger partial charge on any atom is -0.486 e. The van der Waals surface area contributed by atoms with Crippen molar-refractivity contribution in [2.45, 2.75) is 6.92 Å². The number of aryl methyl sites for hydroxylation is 1. The molecule has 0 bridgehead atoms. The fourth-order valence-electron chi connectivity index (χ4n) is 2.19. The summed E-state index contributed by atoms with van der Waals surface area (Å²) in [4.78, 5) is 12.5. The number of benzene rings is 2. The molecule has 0 spiro atoms. The average Bonchev–Trinajstić information content (AvgIpc) is 2.46. The zero-order valence-electron chi connectivity index (χ0n) is 11.3. The molecule has 0 saturated carbocycles. The van der Waals surface area contributed by atoms with Gasteiger partial charge in [0.25, 0.3) is 0 Å². The number of hydrogen-bond acceptors (Lipinski definition) is 3. The van der Waals surface area contributed by atoms with Crippen molar-refractivity contribution < 1.29 is 18.7 Å². The molecule has 0 unspecified atom stereocenters. The zero-order chi connectivity index (χ0) is 15.0. The van der Waals surface area contributed by atoms with Gasteiger partial charge in [0, 0.05) is 10.0 Å². The van der Waals surface area contributed by atoms with Gasteiger partial charge in [0.15, 0.2) is 17.3 Å². The van der Waals surface area contributed by atoms with Crippen LogP contribution >= 0.6 is 15.9 Å². The molecule has 1 aliphatic rings. The number of ether oxygens (including phenoxy) is 2. The molecule has 0 amide bonds. The summed E-state index contributed by atoms with van der Waals surface area (Å²) in [6.45, 7) is 2.68. The SMILES string of the molecule is Cc1ccc(C(=O)c2cc3c(cc2Br)OCCO3)c(F)c1. The molecule has 108 valence electrons. The zero-order valence-corrected chi connectivity index (χ0v) is 12.9. The number of carbonyl (C=O) groups is 1. The lowest BCUT2D eigenvalue weighted by molar-refractivity contribution is 0.103. The van der Waals surface area contributed by atoms with Crippen LogP contribution in [-0.2, 0) is 0 Å². The third-order valence-electron chi connectivity index (χ3n) is 3.25. The van der Waals surface area contributed by atoms with E-state index in [4.69, 9.17) is 9.47 Å². The van der Waals surface area contributed by atoms with Crippen LogP contribution in [0.5, 0.6) is 11.5 Å². The van der Waals surface area contributed by atoms with E-state index >= 15 is 0 Å². The maximum Gasteiger partial charge on any atom is 0.197 e. The summed E-state index contributed by atoms with van der Waals surface area (Å²) in [6.07, 6.45) is 0.